The number of fused-ring (bicyclic) bond motifs is 2. The second kappa shape index (κ2) is 6.79. The van der Waals surface area contributed by atoms with E-state index >= 15 is 0 Å². The summed E-state index contributed by atoms with van der Waals surface area (Å²) in [5, 5.41) is 5.07. The maximum atomic E-state index is 13.2. The van der Waals surface area contributed by atoms with Crippen molar-refractivity contribution in [2.24, 2.45) is 0 Å². The molecule has 1 atom stereocenters. The van der Waals surface area contributed by atoms with Gasteiger partial charge in [-0.2, -0.15) is 0 Å². The molecule has 1 spiro atoms. The Morgan fingerprint density at radius 2 is 2.07 bits per heavy atom. The number of hydrogen-bond donors (Lipinski definition) is 2. The van der Waals surface area contributed by atoms with E-state index in [1.165, 1.54) is 12.1 Å². The molecule has 1 saturated heterocycles. The maximum Gasteiger partial charge on any atom is 0.325 e. The van der Waals surface area contributed by atoms with E-state index in [4.69, 9.17) is 16.3 Å². The van der Waals surface area contributed by atoms with Crippen molar-refractivity contribution in [3.63, 3.8) is 0 Å². The Labute approximate surface area is 164 Å². The highest BCUT2D eigenvalue weighted by molar-refractivity contribution is 6.31. The van der Waals surface area contributed by atoms with Crippen molar-refractivity contribution < 1.29 is 23.5 Å². The van der Waals surface area contributed by atoms with E-state index in [1.54, 1.807) is 24.3 Å². The van der Waals surface area contributed by atoms with Crippen molar-refractivity contribution in [1.82, 2.24) is 10.2 Å². The molecular formula is C19H15ClFN3O4. The van der Waals surface area contributed by atoms with Crippen LogP contribution in [-0.4, -0.2) is 35.9 Å². The molecule has 9 heteroatoms. The molecule has 2 aliphatic rings. The Kier molecular flexibility index (Phi) is 4.43. The number of halogens is 2. The van der Waals surface area contributed by atoms with E-state index in [1.807, 2.05) is 0 Å². The summed E-state index contributed by atoms with van der Waals surface area (Å²) in [5.74, 6) is -1.22. The molecule has 0 aliphatic carbocycles. The van der Waals surface area contributed by atoms with Crippen LogP contribution in [0.4, 0.5) is 14.9 Å². The largest absolute Gasteiger partial charge is 0.493 e. The van der Waals surface area contributed by atoms with Gasteiger partial charge in [-0.15, -0.1) is 0 Å². The molecule has 2 aliphatic heterocycles. The van der Waals surface area contributed by atoms with Crippen LogP contribution in [0.5, 0.6) is 5.75 Å². The summed E-state index contributed by atoms with van der Waals surface area (Å²) >= 11 is 5.69. The number of nitrogens with zero attached hydrogens (tertiary/aromatic N) is 1. The second-order valence-corrected chi connectivity index (χ2v) is 6.91. The van der Waals surface area contributed by atoms with Crippen molar-refractivity contribution in [1.29, 1.82) is 0 Å². The topological polar surface area (TPSA) is 87.7 Å². The van der Waals surface area contributed by atoms with Crippen LogP contribution in [0.15, 0.2) is 42.5 Å². The fourth-order valence-electron chi connectivity index (χ4n) is 3.43. The van der Waals surface area contributed by atoms with Crippen molar-refractivity contribution in [2.45, 2.75) is 12.0 Å². The standard InChI is InChI=1S/C19H15ClFN3O4/c20-13-9-11(5-6-14(13)21)22-16(25)10-24-17(26)19(23-18(24)27)7-8-28-15-4-2-1-3-12(15)19/h1-6,9H,7-8,10H2,(H,22,25)(H,23,27)/t19-/m0/s1. The molecule has 4 rings (SSSR count). The minimum atomic E-state index is -1.24. The third-order valence-corrected chi connectivity index (χ3v) is 5.05. The van der Waals surface area contributed by atoms with Crippen LogP contribution in [0.1, 0.15) is 12.0 Å². The number of anilines is 1. The van der Waals surface area contributed by atoms with Gasteiger partial charge in [-0.1, -0.05) is 29.8 Å². The molecule has 0 radical (unpaired) electrons. The van der Waals surface area contributed by atoms with Crippen LogP contribution in [0.2, 0.25) is 5.02 Å². The monoisotopic (exact) mass is 403 g/mol. The van der Waals surface area contributed by atoms with Crippen LogP contribution in [-0.2, 0) is 15.1 Å². The minimum absolute atomic E-state index is 0.148. The van der Waals surface area contributed by atoms with Crippen LogP contribution in [0, 0.1) is 5.82 Å². The number of ether oxygens (including phenoxy) is 1. The summed E-state index contributed by atoms with van der Waals surface area (Å²) in [5.41, 5.74) is -0.423. The zero-order valence-corrected chi connectivity index (χ0v) is 15.3. The average molecular weight is 404 g/mol. The first-order valence-corrected chi connectivity index (χ1v) is 8.90. The summed E-state index contributed by atoms with van der Waals surface area (Å²) in [6, 6.07) is 10.0. The summed E-state index contributed by atoms with van der Waals surface area (Å²) in [6.07, 6.45) is 0.264. The Morgan fingerprint density at radius 3 is 2.86 bits per heavy atom. The number of urea groups is 1. The van der Waals surface area contributed by atoms with Gasteiger partial charge in [0.05, 0.1) is 11.6 Å². The van der Waals surface area contributed by atoms with Crippen molar-refractivity contribution in [2.75, 3.05) is 18.5 Å². The van der Waals surface area contributed by atoms with Crippen LogP contribution >= 0.6 is 11.6 Å². The van der Waals surface area contributed by atoms with Crippen LogP contribution < -0.4 is 15.4 Å². The molecule has 0 aromatic heterocycles. The number of carbonyl (C=O) groups is 3. The van der Waals surface area contributed by atoms with Gasteiger partial charge in [-0.3, -0.25) is 14.5 Å². The summed E-state index contributed by atoms with van der Waals surface area (Å²) in [7, 11) is 0. The number of amides is 4. The van der Waals surface area contributed by atoms with E-state index in [9.17, 15) is 18.8 Å². The second-order valence-electron chi connectivity index (χ2n) is 6.50. The average Bonchev–Trinajstić information content (AvgIpc) is 2.90. The molecule has 0 bridgehead atoms. The number of imide groups is 1. The van der Waals surface area contributed by atoms with Gasteiger partial charge in [-0.05, 0) is 24.3 Å². The third kappa shape index (κ3) is 2.95. The fourth-order valence-corrected chi connectivity index (χ4v) is 3.61. The predicted octanol–water partition coefficient (Wildman–Crippen LogP) is 2.65. The Bertz CT molecular complexity index is 999. The molecule has 4 amide bonds. The Hall–Kier alpha value is -3.13. The van der Waals surface area contributed by atoms with Crippen molar-refractivity contribution in [3.05, 3.63) is 58.9 Å². The SMILES string of the molecule is O=C(CN1C(=O)N[C@]2(CCOc3ccccc32)C1=O)Nc1ccc(F)c(Cl)c1. The van der Waals surface area contributed by atoms with Gasteiger partial charge >= 0.3 is 6.03 Å². The first kappa shape index (κ1) is 18.2. The lowest BCUT2D eigenvalue weighted by molar-refractivity contribution is -0.135. The van der Waals surface area contributed by atoms with Gasteiger partial charge in [0.2, 0.25) is 5.91 Å². The maximum absolute atomic E-state index is 13.2. The molecule has 2 N–H and O–H groups in total. The highest BCUT2D eigenvalue weighted by atomic mass is 35.5. The number of para-hydroxylation sites is 1. The number of carbonyl (C=O) groups excluding carboxylic acids is 3. The van der Waals surface area contributed by atoms with E-state index in [0.717, 1.165) is 11.0 Å². The lowest BCUT2D eigenvalue weighted by Crippen LogP contribution is -2.48. The smallest absolute Gasteiger partial charge is 0.325 e. The molecule has 0 unspecified atom stereocenters. The number of hydrogen-bond acceptors (Lipinski definition) is 4. The van der Waals surface area contributed by atoms with Crippen LogP contribution in [0.25, 0.3) is 0 Å². The van der Waals surface area contributed by atoms with E-state index in [0.29, 0.717) is 11.3 Å². The van der Waals surface area contributed by atoms with Crippen molar-refractivity contribution >= 4 is 35.1 Å². The first-order valence-electron chi connectivity index (χ1n) is 8.52. The van der Waals surface area contributed by atoms with E-state index in [2.05, 4.69) is 10.6 Å². The van der Waals surface area contributed by atoms with Gasteiger partial charge in [-0.25, -0.2) is 9.18 Å². The molecule has 2 aromatic rings. The molecular weight excluding hydrogens is 389 g/mol. The normalized spacial score (nSPS) is 20.6. The zero-order valence-electron chi connectivity index (χ0n) is 14.5. The predicted molar refractivity (Wildman–Crippen MR) is 98.5 cm³/mol. The van der Waals surface area contributed by atoms with Gasteiger partial charge in [0, 0.05) is 17.7 Å². The van der Waals surface area contributed by atoms with E-state index in [-0.39, 0.29) is 23.7 Å². The molecule has 7 nitrogen and oxygen atoms in total. The minimum Gasteiger partial charge on any atom is -0.493 e. The number of benzene rings is 2. The zero-order chi connectivity index (χ0) is 19.9. The Balaban J connectivity index is 1.54. The molecule has 2 heterocycles. The lowest BCUT2D eigenvalue weighted by Gasteiger charge is -2.33. The highest BCUT2D eigenvalue weighted by Crippen LogP contribution is 2.40. The third-order valence-electron chi connectivity index (χ3n) is 4.76. The highest BCUT2D eigenvalue weighted by Gasteiger charge is 2.55. The van der Waals surface area contributed by atoms with Gasteiger partial charge in [0.25, 0.3) is 5.91 Å². The quantitative estimate of drug-likeness (QED) is 0.771. The molecule has 28 heavy (non-hydrogen) atoms. The van der Waals surface area contributed by atoms with Gasteiger partial charge < -0.3 is 15.4 Å². The summed E-state index contributed by atoms with van der Waals surface area (Å²) in [6.45, 7) is -0.221. The molecule has 2 aromatic carbocycles. The lowest BCUT2D eigenvalue weighted by atomic mass is 9.84. The number of nitrogens with one attached hydrogen (secondary N) is 2. The first-order chi connectivity index (χ1) is 13.4. The molecule has 144 valence electrons. The van der Waals surface area contributed by atoms with Crippen molar-refractivity contribution in [3.8, 4) is 5.75 Å². The van der Waals surface area contributed by atoms with Gasteiger partial charge in [0.15, 0.2) is 5.54 Å². The molecule has 1 fully saturated rings. The molecule has 0 saturated carbocycles. The van der Waals surface area contributed by atoms with Gasteiger partial charge in [0.1, 0.15) is 18.1 Å². The van der Waals surface area contributed by atoms with Crippen LogP contribution in [0.3, 0.4) is 0 Å². The number of rotatable bonds is 3. The summed E-state index contributed by atoms with van der Waals surface area (Å²) < 4.78 is 18.8. The summed E-state index contributed by atoms with van der Waals surface area (Å²) in [4.78, 5) is 38.7. The Morgan fingerprint density at radius 1 is 1.29 bits per heavy atom. The van der Waals surface area contributed by atoms with E-state index < -0.39 is 35.7 Å². The fraction of sp³-hybridized carbons (Fsp3) is 0.211.